The Labute approximate surface area is 95.6 Å². The highest BCUT2D eigenvalue weighted by molar-refractivity contribution is 5.79. The fourth-order valence-electron chi connectivity index (χ4n) is 1.30. The molecule has 0 heterocycles. The van der Waals surface area contributed by atoms with E-state index in [4.69, 9.17) is 16.2 Å². The van der Waals surface area contributed by atoms with Crippen molar-refractivity contribution in [3.05, 3.63) is 29.3 Å². The van der Waals surface area contributed by atoms with E-state index in [0.29, 0.717) is 13.0 Å². The van der Waals surface area contributed by atoms with Gasteiger partial charge in [0.25, 0.3) is 0 Å². The molecule has 0 aliphatic rings. The van der Waals surface area contributed by atoms with Gasteiger partial charge >= 0.3 is 0 Å². The van der Waals surface area contributed by atoms with Gasteiger partial charge in [-0.25, -0.2) is 0 Å². The monoisotopic (exact) mass is 222 g/mol. The number of carbonyl (C=O) groups is 1. The fraction of sp³-hybridized carbons (Fsp3) is 0.417. The minimum absolute atomic E-state index is 0.397. The highest BCUT2D eigenvalue weighted by Gasteiger charge is 2.09. The summed E-state index contributed by atoms with van der Waals surface area (Å²) in [6.07, 6.45) is 0.433. The minimum atomic E-state index is -0.634. The van der Waals surface area contributed by atoms with Gasteiger partial charge in [-0.1, -0.05) is 12.1 Å². The Morgan fingerprint density at radius 2 is 2.12 bits per heavy atom. The molecule has 1 atom stereocenters. The number of nitrogens with two attached hydrogens (primary N) is 2. The zero-order valence-electron chi connectivity index (χ0n) is 9.69. The van der Waals surface area contributed by atoms with E-state index in [-0.39, 0.29) is 0 Å². The summed E-state index contributed by atoms with van der Waals surface area (Å²) < 4.78 is 5.55. The topological polar surface area (TPSA) is 78.3 Å². The maximum atomic E-state index is 10.7. The molecule has 1 aromatic carbocycles. The summed E-state index contributed by atoms with van der Waals surface area (Å²) in [5.74, 6) is 0.334. The lowest BCUT2D eigenvalue weighted by molar-refractivity contribution is -0.119. The molecule has 4 N–H and O–H groups in total. The molecule has 0 spiro atoms. The first kappa shape index (κ1) is 12.5. The van der Waals surface area contributed by atoms with Crippen molar-refractivity contribution in [1.82, 2.24) is 0 Å². The maximum absolute atomic E-state index is 10.7. The molecule has 0 saturated heterocycles. The summed E-state index contributed by atoms with van der Waals surface area (Å²) in [4.78, 5) is 10.7. The van der Waals surface area contributed by atoms with Crippen molar-refractivity contribution < 1.29 is 9.53 Å². The molecule has 1 aromatic rings. The summed E-state index contributed by atoms with van der Waals surface area (Å²) in [5.41, 5.74) is 12.8. The van der Waals surface area contributed by atoms with Crippen LogP contribution in [0.15, 0.2) is 18.2 Å². The molecule has 1 rings (SSSR count). The van der Waals surface area contributed by atoms with E-state index >= 15 is 0 Å². The lowest BCUT2D eigenvalue weighted by Gasteiger charge is -2.11. The second kappa shape index (κ2) is 5.51. The van der Waals surface area contributed by atoms with Crippen LogP contribution < -0.4 is 16.2 Å². The van der Waals surface area contributed by atoms with Gasteiger partial charge < -0.3 is 16.2 Å². The molecule has 88 valence electrons. The van der Waals surface area contributed by atoms with E-state index in [2.05, 4.69) is 0 Å². The van der Waals surface area contributed by atoms with E-state index in [1.165, 1.54) is 0 Å². The van der Waals surface area contributed by atoms with Crippen LogP contribution in [0, 0.1) is 13.8 Å². The first-order chi connectivity index (χ1) is 7.50. The van der Waals surface area contributed by atoms with Gasteiger partial charge in [0.1, 0.15) is 5.75 Å². The molecule has 16 heavy (non-hydrogen) atoms. The third-order valence-electron chi connectivity index (χ3n) is 2.40. The van der Waals surface area contributed by atoms with Crippen molar-refractivity contribution in [2.24, 2.45) is 11.5 Å². The van der Waals surface area contributed by atoms with Gasteiger partial charge in [0.2, 0.25) is 5.91 Å². The zero-order valence-corrected chi connectivity index (χ0v) is 9.69. The average Bonchev–Trinajstić information content (AvgIpc) is 2.22. The van der Waals surface area contributed by atoms with E-state index in [0.717, 1.165) is 16.9 Å². The summed E-state index contributed by atoms with van der Waals surface area (Å²) >= 11 is 0. The van der Waals surface area contributed by atoms with Crippen LogP contribution in [-0.4, -0.2) is 18.6 Å². The number of carbonyl (C=O) groups excluding carboxylic acids is 1. The number of primary amides is 1. The second-order valence-electron chi connectivity index (χ2n) is 3.91. The Kier molecular flexibility index (Phi) is 4.31. The molecular weight excluding hydrogens is 204 g/mol. The SMILES string of the molecule is Cc1ccc(C)c(OCCC(N)C(N)=O)c1. The fourth-order valence-corrected chi connectivity index (χ4v) is 1.30. The Morgan fingerprint density at radius 3 is 2.75 bits per heavy atom. The van der Waals surface area contributed by atoms with Gasteiger partial charge in [0.15, 0.2) is 0 Å². The molecule has 0 saturated carbocycles. The molecule has 0 radical (unpaired) electrons. The van der Waals surface area contributed by atoms with Crippen LogP contribution in [0.3, 0.4) is 0 Å². The van der Waals surface area contributed by atoms with Crippen molar-refractivity contribution in [3.63, 3.8) is 0 Å². The highest BCUT2D eigenvalue weighted by Crippen LogP contribution is 2.19. The Morgan fingerprint density at radius 1 is 1.44 bits per heavy atom. The number of benzene rings is 1. The smallest absolute Gasteiger partial charge is 0.234 e. The average molecular weight is 222 g/mol. The summed E-state index contributed by atoms with van der Waals surface area (Å²) in [7, 11) is 0. The third kappa shape index (κ3) is 3.55. The number of ether oxygens (including phenoxy) is 1. The molecule has 0 fully saturated rings. The Bertz CT molecular complexity index is 377. The highest BCUT2D eigenvalue weighted by atomic mass is 16.5. The zero-order chi connectivity index (χ0) is 12.1. The van der Waals surface area contributed by atoms with Crippen LogP contribution in [0.1, 0.15) is 17.5 Å². The largest absolute Gasteiger partial charge is 0.493 e. The molecular formula is C12H18N2O2. The van der Waals surface area contributed by atoms with Crippen molar-refractivity contribution in [2.45, 2.75) is 26.3 Å². The lowest BCUT2D eigenvalue weighted by Crippen LogP contribution is -2.37. The van der Waals surface area contributed by atoms with Crippen molar-refractivity contribution in [2.75, 3.05) is 6.61 Å². The van der Waals surface area contributed by atoms with Crippen LogP contribution in [0.4, 0.5) is 0 Å². The van der Waals surface area contributed by atoms with Crippen molar-refractivity contribution in [3.8, 4) is 5.75 Å². The van der Waals surface area contributed by atoms with Crippen LogP contribution in [0.25, 0.3) is 0 Å². The molecule has 0 aromatic heterocycles. The van der Waals surface area contributed by atoms with Crippen LogP contribution in [0.5, 0.6) is 5.75 Å². The predicted molar refractivity (Wildman–Crippen MR) is 63.2 cm³/mol. The number of aryl methyl sites for hydroxylation is 2. The number of amides is 1. The molecule has 4 nitrogen and oxygen atoms in total. The van der Waals surface area contributed by atoms with Gasteiger partial charge in [-0.2, -0.15) is 0 Å². The van der Waals surface area contributed by atoms with Gasteiger partial charge in [0.05, 0.1) is 12.6 Å². The number of hydrogen-bond acceptors (Lipinski definition) is 3. The second-order valence-corrected chi connectivity index (χ2v) is 3.91. The standard InChI is InChI=1S/C12H18N2O2/c1-8-3-4-9(2)11(7-8)16-6-5-10(13)12(14)15/h3-4,7,10H,5-6,13H2,1-2H3,(H2,14,15). The van der Waals surface area contributed by atoms with Gasteiger partial charge in [0, 0.05) is 6.42 Å². The maximum Gasteiger partial charge on any atom is 0.234 e. The Balaban J connectivity index is 2.48. The summed E-state index contributed by atoms with van der Waals surface area (Å²) in [6, 6.07) is 5.35. The van der Waals surface area contributed by atoms with E-state index in [1.54, 1.807) is 0 Å². The van der Waals surface area contributed by atoms with Crippen LogP contribution in [0.2, 0.25) is 0 Å². The van der Waals surface area contributed by atoms with E-state index in [1.807, 2.05) is 32.0 Å². The number of hydrogen-bond donors (Lipinski definition) is 2. The van der Waals surface area contributed by atoms with Gasteiger partial charge in [-0.3, -0.25) is 4.79 Å². The summed E-state index contributed by atoms with van der Waals surface area (Å²) in [5, 5.41) is 0. The third-order valence-corrected chi connectivity index (χ3v) is 2.40. The van der Waals surface area contributed by atoms with Gasteiger partial charge in [-0.15, -0.1) is 0 Å². The first-order valence-corrected chi connectivity index (χ1v) is 5.25. The van der Waals surface area contributed by atoms with Gasteiger partial charge in [-0.05, 0) is 31.0 Å². The number of rotatable bonds is 5. The quantitative estimate of drug-likeness (QED) is 0.776. The molecule has 0 aliphatic carbocycles. The molecule has 0 aliphatic heterocycles. The Hall–Kier alpha value is -1.55. The summed E-state index contributed by atoms with van der Waals surface area (Å²) in [6.45, 7) is 4.37. The first-order valence-electron chi connectivity index (χ1n) is 5.25. The van der Waals surface area contributed by atoms with Crippen molar-refractivity contribution in [1.29, 1.82) is 0 Å². The van der Waals surface area contributed by atoms with E-state index < -0.39 is 11.9 Å². The molecule has 1 unspecified atom stereocenters. The molecule has 1 amide bonds. The normalized spacial score (nSPS) is 12.2. The van der Waals surface area contributed by atoms with E-state index in [9.17, 15) is 4.79 Å². The molecule has 4 heteroatoms. The van der Waals surface area contributed by atoms with Crippen molar-refractivity contribution >= 4 is 5.91 Å². The van der Waals surface area contributed by atoms with Crippen LogP contribution >= 0.6 is 0 Å². The van der Waals surface area contributed by atoms with Crippen LogP contribution in [-0.2, 0) is 4.79 Å². The molecule has 0 bridgehead atoms. The minimum Gasteiger partial charge on any atom is -0.493 e. The predicted octanol–water partition coefficient (Wildman–Crippen LogP) is 0.885. The lowest BCUT2D eigenvalue weighted by atomic mass is 10.1.